The zero-order valence-electron chi connectivity index (χ0n) is 10.4. The minimum Gasteiger partial charge on any atom is -0.271 e. The molecule has 1 aromatic rings. The van der Waals surface area contributed by atoms with Crippen molar-refractivity contribution >= 4 is 11.6 Å². The van der Waals surface area contributed by atoms with Gasteiger partial charge in [-0.15, -0.1) is 0 Å². The first kappa shape index (κ1) is 13.5. The van der Waals surface area contributed by atoms with Gasteiger partial charge in [-0.25, -0.2) is 0 Å². The molecule has 1 aromatic heterocycles. The quantitative estimate of drug-likeness (QED) is 0.619. The molecule has 3 N–H and O–H groups in total. The van der Waals surface area contributed by atoms with Gasteiger partial charge in [-0.05, 0) is 19.8 Å². The summed E-state index contributed by atoms with van der Waals surface area (Å²) in [7, 11) is 0. The number of hydrazine groups is 1. The van der Waals surface area contributed by atoms with E-state index < -0.39 is 0 Å². The molecule has 16 heavy (non-hydrogen) atoms. The van der Waals surface area contributed by atoms with Gasteiger partial charge in [-0.3, -0.25) is 16.0 Å². The molecular formula is C11H21ClN4. The van der Waals surface area contributed by atoms with Crippen molar-refractivity contribution in [3.05, 3.63) is 16.9 Å². The van der Waals surface area contributed by atoms with E-state index in [1.807, 2.05) is 4.68 Å². The van der Waals surface area contributed by atoms with Crippen LogP contribution in [-0.2, 0) is 0 Å². The predicted molar refractivity (Wildman–Crippen MR) is 67.1 cm³/mol. The Balaban J connectivity index is 3.12. The zero-order chi connectivity index (χ0) is 12.3. The lowest BCUT2D eigenvalue weighted by molar-refractivity contribution is 0.349. The van der Waals surface area contributed by atoms with E-state index in [4.69, 9.17) is 17.4 Å². The smallest absolute Gasteiger partial charge is 0.0834 e. The Hall–Kier alpha value is -0.580. The van der Waals surface area contributed by atoms with Gasteiger partial charge < -0.3 is 0 Å². The van der Waals surface area contributed by atoms with Crippen molar-refractivity contribution in [3.8, 4) is 0 Å². The number of rotatable bonds is 5. The fourth-order valence-electron chi connectivity index (χ4n) is 1.80. The third-order valence-electron chi connectivity index (χ3n) is 2.96. The van der Waals surface area contributed by atoms with E-state index in [1.54, 1.807) is 6.20 Å². The predicted octanol–water partition coefficient (Wildman–Crippen LogP) is 2.67. The van der Waals surface area contributed by atoms with Gasteiger partial charge in [0.05, 0.1) is 23.0 Å². The Morgan fingerprint density at radius 1 is 1.50 bits per heavy atom. The van der Waals surface area contributed by atoms with E-state index in [0.29, 0.717) is 10.9 Å². The van der Waals surface area contributed by atoms with Gasteiger partial charge in [0, 0.05) is 6.04 Å². The Labute approximate surface area is 102 Å². The van der Waals surface area contributed by atoms with Crippen LogP contribution in [-0.4, -0.2) is 9.78 Å². The molecule has 92 valence electrons. The van der Waals surface area contributed by atoms with Gasteiger partial charge in [-0.2, -0.15) is 5.10 Å². The molecule has 2 unspecified atom stereocenters. The van der Waals surface area contributed by atoms with Crippen LogP contribution in [0.25, 0.3) is 0 Å². The van der Waals surface area contributed by atoms with Gasteiger partial charge >= 0.3 is 0 Å². The molecule has 1 heterocycles. The summed E-state index contributed by atoms with van der Waals surface area (Å²) in [6.45, 7) is 8.45. The third-order valence-corrected chi connectivity index (χ3v) is 3.25. The normalized spacial score (nSPS) is 15.4. The van der Waals surface area contributed by atoms with Crippen LogP contribution in [0.2, 0.25) is 5.02 Å². The molecule has 0 aliphatic carbocycles. The molecule has 0 amide bonds. The largest absolute Gasteiger partial charge is 0.271 e. The van der Waals surface area contributed by atoms with Crippen molar-refractivity contribution in [1.82, 2.24) is 15.2 Å². The topological polar surface area (TPSA) is 55.9 Å². The molecule has 2 atom stereocenters. The van der Waals surface area contributed by atoms with Crippen LogP contribution in [0.5, 0.6) is 0 Å². The second-order valence-corrected chi connectivity index (χ2v) is 4.85. The molecule has 5 heteroatoms. The second kappa shape index (κ2) is 5.66. The minimum absolute atomic E-state index is 0.0439. The molecule has 1 rings (SSSR count). The summed E-state index contributed by atoms with van der Waals surface area (Å²) in [5, 5.41) is 4.97. The average molecular weight is 245 g/mol. The second-order valence-electron chi connectivity index (χ2n) is 4.45. The maximum absolute atomic E-state index is 6.18. The standard InChI is InChI=1S/C11H21ClN4/c1-5-8(4)10(15-13)11-9(12)6-14-16(11)7(2)3/h6-8,10,15H,5,13H2,1-4H3. The zero-order valence-corrected chi connectivity index (χ0v) is 11.1. The number of halogens is 1. The van der Waals surface area contributed by atoms with E-state index in [1.165, 1.54) is 0 Å². The van der Waals surface area contributed by atoms with Crippen LogP contribution < -0.4 is 11.3 Å². The summed E-state index contributed by atoms with van der Waals surface area (Å²) < 4.78 is 1.93. The first-order valence-corrected chi connectivity index (χ1v) is 6.09. The third kappa shape index (κ3) is 2.56. The molecule has 4 nitrogen and oxygen atoms in total. The van der Waals surface area contributed by atoms with Crippen molar-refractivity contribution in [2.24, 2.45) is 11.8 Å². The fraction of sp³-hybridized carbons (Fsp3) is 0.727. The van der Waals surface area contributed by atoms with Crippen LogP contribution in [0.3, 0.4) is 0 Å². The summed E-state index contributed by atoms with van der Waals surface area (Å²) in [6, 6.07) is 0.324. The highest BCUT2D eigenvalue weighted by Gasteiger charge is 2.24. The van der Waals surface area contributed by atoms with Gasteiger partial charge in [0.1, 0.15) is 0 Å². The SMILES string of the molecule is CCC(C)C(NN)c1c(Cl)cnn1C(C)C. The summed E-state index contributed by atoms with van der Waals surface area (Å²) in [5.74, 6) is 6.04. The summed E-state index contributed by atoms with van der Waals surface area (Å²) in [6.07, 6.45) is 2.72. The lowest BCUT2D eigenvalue weighted by Gasteiger charge is -2.24. The van der Waals surface area contributed by atoms with Crippen LogP contribution in [0.4, 0.5) is 0 Å². The molecule has 0 radical (unpaired) electrons. The van der Waals surface area contributed by atoms with Gasteiger partial charge in [0.25, 0.3) is 0 Å². The minimum atomic E-state index is 0.0439. The molecular weight excluding hydrogens is 224 g/mol. The molecule has 0 fully saturated rings. The molecule has 0 aliphatic heterocycles. The van der Waals surface area contributed by atoms with Crippen molar-refractivity contribution in [3.63, 3.8) is 0 Å². The molecule has 0 bridgehead atoms. The van der Waals surface area contributed by atoms with E-state index >= 15 is 0 Å². The molecule has 0 aromatic carbocycles. The van der Waals surface area contributed by atoms with Crippen molar-refractivity contribution in [2.75, 3.05) is 0 Å². The van der Waals surface area contributed by atoms with Crippen LogP contribution in [0, 0.1) is 5.92 Å². The number of hydrogen-bond acceptors (Lipinski definition) is 3. The lowest BCUT2D eigenvalue weighted by atomic mass is 9.96. The molecule has 0 saturated heterocycles. The highest BCUT2D eigenvalue weighted by atomic mass is 35.5. The number of nitrogens with zero attached hydrogens (tertiary/aromatic N) is 2. The summed E-state index contributed by atoms with van der Waals surface area (Å²) >= 11 is 6.18. The number of nitrogens with one attached hydrogen (secondary N) is 1. The maximum atomic E-state index is 6.18. The van der Waals surface area contributed by atoms with Crippen LogP contribution in [0.15, 0.2) is 6.20 Å². The van der Waals surface area contributed by atoms with E-state index in [-0.39, 0.29) is 12.1 Å². The molecule has 0 saturated carbocycles. The number of nitrogens with two attached hydrogens (primary N) is 1. The molecule has 0 aliphatic rings. The van der Waals surface area contributed by atoms with Crippen molar-refractivity contribution in [1.29, 1.82) is 0 Å². The Morgan fingerprint density at radius 3 is 2.56 bits per heavy atom. The van der Waals surface area contributed by atoms with E-state index in [9.17, 15) is 0 Å². The highest BCUT2D eigenvalue weighted by molar-refractivity contribution is 6.31. The average Bonchev–Trinajstić information content (AvgIpc) is 2.62. The first-order valence-electron chi connectivity index (χ1n) is 5.71. The van der Waals surface area contributed by atoms with Gasteiger partial charge in [-0.1, -0.05) is 31.9 Å². The monoisotopic (exact) mass is 244 g/mol. The number of hydrogen-bond donors (Lipinski definition) is 2. The van der Waals surface area contributed by atoms with Crippen LogP contribution in [0.1, 0.15) is 51.9 Å². The Bertz CT molecular complexity index is 335. The van der Waals surface area contributed by atoms with Crippen molar-refractivity contribution < 1.29 is 0 Å². The fourth-order valence-corrected chi connectivity index (χ4v) is 2.05. The summed E-state index contributed by atoms with van der Waals surface area (Å²) in [4.78, 5) is 0. The van der Waals surface area contributed by atoms with Crippen LogP contribution >= 0.6 is 11.6 Å². The summed E-state index contributed by atoms with van der Waals surface area (Å²) in [5.41, 5.74) is 3.83. The Morgan fingerprint density at radius 2 is 2.12 bits per heavy atom. The lowest BCUT2D eigenvalue weighted by Crippen LogP contribution is -2.34. The van der Waals surface area contributed by atoms with E-state index in [2.05, 4.69) is 38.2 Å². The Kier molecular flexibility index (Phi) is 4.77. The maximum Gasteiger partial charge on any atom is 0.0834 e. The van der Waals surface area contributed by atoms with Gasteiger partial charge in [0.2, 0.25) is 0 Å². The van der Waals surface area contributed by atoms with E-state index in [0.717, 1.165) is 12.1 Å². The van der Waals surface area contributed by atoms with Gasteiger partial charge in [0.15, 0.2) is 0 Å². The first-order chi connectivity index (χ1) is 7.52. The van der Waals surface area contributed by atoms with Crippen molar-refractivity contribution in [2.45, 2.75) is 46.2 Å². The highest BCUT2D eigenvalue weighted by Crippen LogP contribution is 2.30. The number of aromatic nitrogens is 2. The molecule has 0 spiro atoms.